The summed E-state index contributed by atoms with van der Waals surface area (Å²) in [5.41, 5.74) is 0.0343. The van der Waals surface area contributed by atoms with E-state index in [4.69, 9.17) is 4.74 Å². The molecule has 0 bridgehead atoms. The Balaban J connectivity index is 2.65. The summed E-state index contributed by atoms with van der Waals surface area (Å²) in [5, 5.41) is 6.83. The first-order valence-corrected chi connectivity index (χ1v) is 5.63. The molecule has 1 heterocycles. The van der Waals surface area contributed by atoms with Gasteiger partial charge in [-0.1, -0.05) is 0 Å². The third-order valence-electron chi connectivity index (χ3n) is 1.92. The monoisotopic (exact) mass is 239 g/mol. The molecule has 0 spiro atoms. The topological polar surface area (TPSA) is 56.1 Å². The average Bonchev–Trinajstić information content (AvgIpc) is 2.47. The van der Waals surface area contributed by atoms with Crippen molar-refractivity contribution >= 4 is 11.8 Å². The maximum atomic E-state index is 11.5. The zero-order valence-corrected chi connectivity index (χ0v) is 11.4. The van der Waals surface area contributed by atoms with Crippen molar-refractivity contribution in [1.29, 1.82) is 0 Å². The van der Waals surface area contributed by atoms with Gasteiger partial charge in [0.1, 0.15) is 5.60 Å². The van der Waals surface area contributed by atoms with E-state index in [0.29, 0.717) is 5.69 Å². The fourth-order valence-electron chi connectivity index (χ4n) is 1.18. The predicted octanol–water partition coefficient (Wildman–Crippen LogP) is 2.99. The SMILES string of the molecule is CC(C)(C)OC(=O)Nc1cnn(C(C)(C)C)c1. The molecule has 1 rings (SSSR count). The van der Waals surface area contributed by atoms with Crippen LogP contribution in [0.5, 0.6) is 0 Å². The second kappa shape index (κ2) is 4.39. The number of aromatic nitrogens is 2. The molecule has 0 saturated carbocycles. The molecule has 96 valence electrons. The summed E-state index contributed by atoms with van der Waals surface area (Å²) in [7, 11) is 0. The van der Waals surface area contributed by atoms with Gasteiger partial charge < -0.3 is 4.74 Å². The molecule has 0 fully saturated rings. The van der Waals surface area contributed by atoms with E-state index in [1.165, 1.54) is 0 Å². The Morgan fingerprint density at radius 2 is 1.88 bits per heavy atom. The van der Waals surface area contributed by atoms with Crippen LogP contribution in [0.1, 0.15) is 41.5 Å². The Morgan fingerprint density at radius 1 is 1.29 bits per heavy atom. The maximum absolute atomic E-state index is 11.5. The van der Waals surface area contributed by atoms with Gasteiger partial charge in [-0.15, -0.1) is 0 Å². The van der Waals surface area contributed by atoms with E-state index in [-0.39, 0.29) is 5.54 Å². The molecule has 0 aliphatic carbocycles. The molecule has 0 saturated heterocycles. The summed E-state index contributed by atoms with van der Waals surface area (Å²) in [4.78, 5) is 11.5. The van der Waals surface area contributed by atoms with Gasteiger partial charge in [0.05, 0.1) is 17.4 Å². The molecular weight excluding hydrogens is 218 g/mol. The lowest BCUT2D eigenvalue weighted by Gasteiger charge is -2.20. The van der Waals surface area contributed by atoms with E-state index in [2.05, 4.69) is 10.4 Å². The zero-order valence-electron chi connectivity index (χ0n) is 11.4. The lowest BCUT2D eigenvalue weighted by molar-refractivity contribution is 0.0636. The van der Waals surface area contributed by atoms with Crippen LogP contribution in [0, 0.1) is 0 Å². The number of nitrogens with one attached hydrogen (secondary N) is 1. The van der Waals surface area contributed by atoms with Crippen molar-refractivity contribution in [2.75, 3.05) is 5.32 Å². The van der Waals surface area contributed by atoms with E-state index in [0.717, 1.165) is 0 Å². The highest BCUT2D eigenvalue weighted by Crippen LogP contribution is 2.16. The molecule has 0 aliphatic heterocycles. The zero-order chi connectivity index (χ0) is 13.3. The number of ether oxygens (including phenoxy) is 1. The second-order valence-electron chi connectivity index (χ2n) is 5.97. The van der Waals surface area contributed by atoms with Crippen LogP contribution in [-0.2, 0) is 10.3 Å². The quantitative estimate of drug-likeness (QED) is 0.819. The van der Waals surface area contributed by atoms with Crippen molar-refractivity contribution in [1.82, 2.24) is 9.78 Å². The van der Waals surface area contributed by atoms with Gasteiger partial charge in [0.15, 0.2) is 0 Å². The van der Waals surface area contributed by atoms with Gasteiger partial charge in [0, 0.05) is 6.20 Å². The van der Waals surface area contributed by atoms with Crippen LogP contribution in [0.2, 0.25) is 0 Å². The van der Waals surface area contributed by atoms with Crippen molar-refractivity contribution in [2.24, 2.45) is 0 Å². The number of carbonyl (C=O) groups is 1. The van der Waals surface area contributed by atoms with Crippen molar-refractivity contribution in [3.8, 4) is 0 Å². The molecule has 0 aliphatic rings. The highest BCUT2D eigenvalue weighted by Gasteiger charge is 2.18. The molecule has 0 atom stereocenters. The van der Waals surface area contributed by atoms with Gasteiger partial charge in [-0.05, 0) is 41.5 Å². The Kier molecular flexibility index (Phi) is 3.50. The lowest BCUT2D eigenvalue weighted by atomic mass is 10.1. The van der Waals surface area contributed by atoms with Gasteiger partial charge >= 0.3 is 6.09 Å². The third-order valence-corrected chi connectivity index (χ3v) is 1.92. The average molecular weight is 239 g/mol. The highest BCUT2D eigenvalue weighted by molar-refractivity contribution is 5.84. The van der Waals surface area contributed by atoms with E-state index in [9.17, 15) is 4.79 Å². The Morgan fingerprint density at radius 3 is 2.29 bits per heavy atom. The molecule has 0 unspecified atom stereocenters. The number of anilines is 1. The standard InChI is InChI=1S/C12H21N3O2/c1-11(2,3)15-8-9(7-13-15)14-10(16)17-12(4,5)6/h7-8H,1-6H3,(H,14,16). The highest BCUT2D eigenvalue weighted by atomic mass is 16.6. The molecule has 1 amide bonds. The minimum atomic E-state index is -0.496. The number of amides is 1. The fraction of sp³-hybridized carbons (Fsp3) is 0.667. The van der Waals surface area contributed by atoms with E-state index >= 15 is 0 Å². The summed E-state index contributed by atoms with van der Waals surface area (Å²) in [5.74, 6) is 0. The van der Waals surface area contributed by atoms with Crippen LogP contribution in [0.3, 0.4) is 0 Å². The molecule has 5 heteroatoms. The summed E-state index contributed by atoms with van der Waals surface area (Å²) < 4.78 is 6.94. The Hall–Kier alpha value is -1.52. The van der Waals surface area contributed by atoms with Crippen LogP contribution in [0.4, 0.5) is 10.5 Å². The number of nitrogens with zero attached hydrogens (tertiary/aromatic N) is 2. The van der Waals surface area contributed by atoms with Crippen LogP contribution in [0.15, 0.2) is 12.4 Å². The second-order valence-corrected chi connectivity index (χ2v) is 5.97. The maximum Gasteiger partial charge on any atom is 0.412 e. The van der Waals surface area contributed by atoms with E-state index in [1.54, 1.807) is 17.1 Å². The number of carbonyl (C=O) groups excluding carboxylic acids is 1. The molecule has 1 aromatic rings. The molecular formula is C12H21N3O2. The smallest absolute Gasteiger partial charge is 0.412 e. The van der Waals surface area contributed by atoms with Gasteiger partial charge in [-0.3, -0.25) is 10.00 Å². The van der Waals surface area contributed by atoms with Gasteiger partial charge in [0.25, 0.3) is 0 Å². The van der Waals surface area contributed by atoms with Gasteiger partial charge in [0.2, 0.25) is 0 Å². The first-order valence-electron chi connectivity index (χ1n) is 5.63. The van der Waals surface area contributed by atoms with E-state index in [1.807, 2.05) is 41.5 Å². The van der Waals surface area contributed by atoms with Crippen LogP contribution < -0.4 is 5.32 Å². The third kappa shape index (κ3) is 4.46. The van der Waals surface area contributed by atoms with Crippen molar-refractivity contribution in [2.45, 2.75) is 52.7 Å². The summed E-state index contributed by atoms with van der Waals surface area (Å²) in [6, 6.07) is 0. The van der Waals surface area contributed by atoms with Crippen LogP contribution >= 0.6 is 0 Å². The number of rotatable bonds is 1. The minimum absolute atomic E-state index is 0.103. The predicted molar refractivity (Wildman–Crippen MR) is 67.1 cm³/mol. The Bertz CT molecular complexity index is 397. The summed E-state index contributed by atoms with van der Waals surface area (Å²) >= 11 is 0. The van der Waals surface area contributed by atoms with Gasteiger partial charge in [-0.25, -0.2) is 4.79 Å². The Labute approximate surface area is 102 Å². The van der Waals surface area contributed by atoms with Crippen molar-refractivity contribution < 1.29 is 9.53 Å². The largest absolute Gasteiger partial charge is 0.444 e. The van der Waals surface area contributed by atoms with Crippen molar-refractivity contribution in [3.05, 3.63) is 12.4 Å². The first kappa shape index (κ1) is 13.5. The fourth-order valence-corrected chi connectivity index (χ4v) is 1.18. The summed E-state index contributed by atoms with van der Waals surface area (Å²) in [6.07, 6.45) is 2.92. The molecule has 0 radical (unpaired) electrons. The van der Waals surface area contributed by atoms with Gasteiger partial charge in [-0.2, -0.15) is 5.10 Å². The molecule has 1 N–H and O–H groups in total. The van der Waals surface area contributed by atoms with Crippen LogP contribution in [0.25, 0.3) is 0 Å². The molecule has 17 heavy (non-hydrogen) atoms. The molecule has 1 aromatic heterocycles. The minimum Gasteiger partial charge on any atom is -0.444 e. The molecule has 0 aromatic carbocycles. The molecule has 5 nitrogen and oxygen atoms in total. The number of hydrogen-bond acceptors (Lipinski definition) is 3. The van der Waals surface area contributed by atoms with Crippen LogP contribution in [-0.4, -0.2) is 21.5 Å². The lowest BCUT2D eigenvalue weighted by Crippen LogP contribution is -2.27. The first-order chi connectivity index (χ1) is 7.58. The van der Waals surface area contributed by atoms with E-state index < -0.39 is 11.7 Å². The normalized spacial score (nSPS) is 12.4. The summed E-state index contributed by atoms with van der Waals surface area (Å²) in [6.45, 7) is 11.6. The van der Waals surface area contributed by atoms with Crippen molar-refractivity contribution in [3.63, 3.8) is 0 Å². The number of hydrogen-bond donors (Lipinski definition) is 1.